The first-order valence-corrected chi connectivity index (χ1v) is 10.4. The van der Waals surface area contributed by atoms with E-state index >= 15 is 0 Å². The number of nitrogens with one attached hydrogen (secondary N) is 1. The number of aryl methyl sites for hydroxylation is 1. The highest BCUT2D eigenvalue weighted by molar-refractivity contribution is 7.89. The summed E-state index contributed by atoms with van der Waals surface area (Å²) in [5.74, 6) is -0.395. The normalized spacial score (nSPS) is 15.4. The first-order valence-electron chi connectivity index (χ1n) is 8.93. The Kier molecular flexibility index (Phi) is 5.76. The van der Waals surface area contributed by atoms with Crippen LogP contribution in [0.5, 0.6) is 0 Å². The van der Waals surface area contributed by atoms with E-state index in [1.165, 1.54) is 22.6 Å². The molecule has 144 valence electrons. The monoisotopic (exact) mass is 389 g/mol. The Balaban J connectivity index is 1.77. The van der Waals surface area contributed by atoms with Crippen LogP contribution in [0, 0.1) is 6.92 Å². The summed E-state index contributed by atoms with van der Waals surface area (Å²) in [4.78, 5) is 24.4. The molecule has 0 bridgehead atoms. The van der Waals surface area contributed by atoms with Crippen molar-refractivity contribution in [1.29, 1.82) is 0 Å². The Hall–Kier alpha value is -2.45. The molecule has 1 N–H and O–H groups in total. The van der Waals surface area contributed by atoms with Gasteiger partial charge in [0.2, 0.25) is 15.9 Å². The van der Waals surface area contributed by atoms with Crippen LogP contribution in [-0.2, 0) is 21.4 Å². The van der Waals surface area contributed by atoms with Crippen molar-refractivity contribution >= 4 is 21.6 Å². The summed E-state index contributed by atoms with van der Waals surface area (Å²) in [7, 11) is -3.66. The van der Waals surface area contributed by atoms with Crippen molar-refractivity contribution in [1.82, 2.24) is 8.87 Å². The van der Waals surface area contributed by atoms with Gasteiger partial charge in [-0.05, 0) is 38.0 Å². The molecule has 0 saturated carbocycles. The van der Waals surface area contributed by atoms with E-state index in [1.54, 1.807) is 12.1 Å². The van der Waals surface area contributed by atoms with Crippen molar-refractivity contribution in [2.45, 2.75) is 37.6 Å². The zero-order valence-electron chi connectivity index (χ0n) is 15.2. The van der Waals surface area contributed by atoms with Gasteiger partial charge in [0.25, 0.3) is 5.56 Å². The van der Waals surface area contributed by atoms with E-state index in [4.69, 9.17) is 0 Å². The lowest BCUT2D eigenvalue weighted by Gasteiger charge is -2.26. The number of amides is 1. The third-order valence-corrected chi connectivity index (χ3v) is 6.44. The van der Waals surface area contributed by atoms with E-state index in [0.29, 0.717) is 18.8 Å². The van der Waals surface area contributed by atoms with Gasteiger partial charge in [-0.15, -0.1) is 0 Å². The molecule has 0 spiro atoms. The first kappa shape index (κ1) is 19.3. The highest BCUT2D eigenvalue weighted by Gasteiger charge is 2.26. The summed E-state index contributed by atoms with van der Waals surface area (Å²) >= 11 is 0. The van der Waals surface area contributed by atoms with Gasteiger partial charge in [-0.2, -0.15) is 4.31 Å². The molecule has 1 aromatic heterocycles. The molecule has 1 amide bonds. The minimum atomic E-state index is -3.66. The van der Waals surface area contributed by atoms with Crippen LogP contribution in [0.4, 0.5) is 5.69 Å². The molecular formula is C19H23N3O4S. The molecule has 2 aromatic rings. The van der Waals surface area contributed by atoms with Crippen LogP contribution in [-0.4, -0.2) is 36.3 Å². The van der Waals surface area contributed by atoms with E-state index in [1.807, 2.05) is 19.1 Å². The molecule has 1 aliphatic heterocycles. The Morgan fingerprint density at radius 1 is 1.04 bits per heavy atom. The summed E-state index contributed by atoms with van der Waals surface area (Å²) in [6.45, 7) is 2.65. The number of carbonyl (C=O) groups is 1. The highest BCUT2D eigenvalue weighted by Crippen LogP contribution is 2.19. The molecule has 0 radical (unpaired) electrons. The fourth-order valence-corrected chi connectivity index (χ4v) is 4.57. The maximum absolute atomic E-state index is 12.8. The van der Waals surface area contributed by atoms with Crippen molar-refractivity contribution in [3.8, 4) is 0 Å². The second kappa shape index (κ2) is 8.06. The lowest BCUT2D eigenvalue weighted by Crippen LogP contribution is -2.36. The lowest BCUT2D eigenvalue weighted by molar-refractivity contribution is -0.116. The van der Waals surface area contributed by atoms with Gasteiger partial charge in [0.1, 0.15) is 6.54 Å². The van der Waals surface area contributed by atoms with Crippen LogP contribution in [0.1, 0.15) is 24.8 Å². The molecule has 3 rings (SSSR count). The number of aromatic nitrogens is 1. The quantitative estimate of drug-likeness (QED) is 0.847. The van der Waals surface area contributed by atoms with Gasteiger partial charge in [0.15, 0.2) is 0 Å². The summed E-state index contributed by atoms with van der Waals surface area (Å²) in [5.41, 5.74) is 1.27. The number of rotatable bonds is 5. The van der Waals surface area contributed by atoms with E-state index < -0.39 is 21.5 Å². The lowest BCUT2D eigenvalue weighted by atomic mass is 10.2. The van der Waals surface area contributed by atoms with Crippen molar-refractivity contribution in [2.24, 2.45) is 0 Å². The number of anilines is 1. The zero-order valence-corrected chi connectivity index (χ0v) is 16.0. The number of sulfonamides is 1. The Morgan fingerprint density at radius 2 is 1.70 bits per heavy atom. The van der Waals surface area contributed by atoms with Crippen LogP contribution < -0.4 is 10.9 Å². The van der Waals surface area contributed by atoms with Crippen molar-refractivity contribution in [2.75, 3.05) is 18.4 Å². The minimum Gasteiger partial charge on any atom is -0.325 e. The van der Waals surface area contributed by atoms with E-state index in [2.05, 4.69) is 5.32 Å². The predicted molar refractivity (Wildman–Crippen MR) is 103 cm³/mol. The van der Waals surface area contributed by atoms with Gasteiger partial charge in [0, 0.05) is 31.0 Å². The Morgan fingerprint density at radius 3 is 2.37 bits per heavy atom. The number of nitrogens with zero attached hydrogens (tertiary/aromatic N) is 2. The van der Waals surface area contributed by atoms with Crippen molar-refractivity contribution in [3.63, 3.8) is 0 Å². The topological polar surface area (TPSA) is 88.5 Å². The predicted octanol–water partition coefficient (Wildman–Crippen LogP) is 1.97. The second-order valence-electron chi connectivity index (χ2n) is 6.71. The molecule has 7 nitrogen and oxygen atoms in total. The molecule has 8 heteroatoms. The Labute approximate surface area is 158 Å². The van der Waals surface area contributed by atoms with Crippen LogP contribution >= 0.6 is 0 Å². The standard InChI is InChI=1S/C19H23N3O4S/c1-15-5-7-16(8-6-15)20-18(23)14-21-13-17(9-10-19(21)24)27(25,26)22-11-3-2-4-12-22/h5-10,13H,2-4,11-12,14H2,1H3,(H,20,23). The largest absolute Gasteiger partial charge is 0.325 e. The number of hydrogen-bond acceptors (Lipinski definition) is 4. The fraction of sp³-hybridized carbons (Fsp3) is 0.368. The van der Waals surface area contributed by atoms with Crippen molar-refractivity contribution < 1.29 is 13.2 Å². The summed E-state index contributed by atoms with van der Waals surface area (Å²) in [5, 5.41) is 2.71. The first-order chi connectivity index (χ1) is 12.9. The molecular weight excluding hydrogens is 366 g/mol. The smallest absolute Gasteiger partial charge is 0.251 e. The number of benzene rings is 1. The van der Waals surface area contributed by atoms with Gasteiger partial charge < -0.3 is 9.88 Å². The molecule has 1 fully saturated rings. The van der Waals surface area contributed by atoms with Gasteiger partial charge >= 0.3 is 0 Å². The van der Waals surface area contributed by atoms with Crippen LogP contribution in [0.25, 0.3) is 0 Å². The second-order valence-corrected chi connectivity index (χ2v) is 8.65. The Bertz CT molecular complexity index is 975. The number of hydrogen-bond donors (Lipinski definition) is 1. The van der Waals surface area contributed by atoms with E-state index in [-0.39, 0.29) is 11.4 Å². The molecule has 0 aliphatic carbocycles. The molecule has 1 aliphatic rings. The number of piperidine rings is 1. The zero-order chi connectivity index (χ0) is 19.4. The van der Waals surface area contributed by atoms with Crippen molar-refractivity contribution in [3.05, 3.63) is 58.5 Å². The maximum atomic E-state index is 12.8. The van der Waals surface area contributed by atoms with Crippen LogP contribution in [0.15, 0.2) is 52.3 Å². The van der Waals surface area contributed by atoms with E-state index in [0.717, 1.165) is 29.4 Å². The van der Waals surface area contributed by atoms with Gasteiger partial charge in [-0.1, -0.05) is 24.1 Å². The summed E-state index contributed by atoms with van der Waals surface area (Å²) in [6.07, 6.45) is 3.93. The fourth-order valence-electron chi connectivity index (χ4n) is 3.03. The van der Waals surface area contributed by atoms with Crippen LogP contribution in [0.2, 0.25) is 0 Å². The minimum absolute atomic E-state index is 0.0344. The third-order valence-electron chi connectivity index (χ3n) is 4.56. The SMILES string of the molecule is Cc1ccc(NC(=O)Cn2cc(S(=O)(=O)N3CCCCC3)ccc2=O)cc1. The van der Waals surface area contributed by atoms with Crippen LogP contribution in [0.3, 0.4) is 0 Å². The van der Waals surface area contributed by atoms with Gasteiger partial charge in [-0.3, -0.25) is 9.59 Å². The number of pyridine rings is 1. The molecule has 2 heterocycles. The average molecular weight is 389 g/mol. The molecule has 27 heavy (non-hydrogen) atoms. The van der Waals surface area contributed by atoms with Gasteiger partial charge in [-0.25, -0.2) is 8.42 Å². The van der Waals surface area contributed by atoms with E-state index in [9.17, 15) is 18.0 Å². The average Bonchev–Trinajstić information content (AvgIpc) is 2.66. The summed E-state index contributed by atoms with van der Waals surface area (Å²) < 4.78 is 28.1. The molecule has 0 unspecified atom stereocenters. The number of carbonyl (C=O) groups excluding carboxylic acids is 1. The molecule has 1 saturated heterocycles. The highest BCUT2D eigenvalue weighted by atomic mass is 32.2. The third kappa shape index (κ3) is 4.64. The maximum Gasteiger partial charge on any atom is 0.251 e. The van der Waals surface area contributed by atoms with Gasteiger partial charge in [0.05, 0.1) is 4.90 Å². The summed E-state index contributed by atoms with van der Waals surface area (Å²) in [6, 6.07) is 9.78. The molecule has 1 aromatic carbocycles. The molecule has 0 atom stereocenters.